The van der Waals surface area contributed by atoms with Gasteiger partial charge < -0.3 is 14.9 Å². The first-order valence-electron chi connectivity index (χ1n) is 8.87. The molecule has 1 amide bonds. The number of rotatable bonds is 3. The normalized spacial score (nSPS) is 19.9. The highest BCUT2D eigenvalue weighted by molar-refractivity contribution is 5.87. The number of aromatic amines is 1. The Hall–Kier alpha value is -2.90. The van der Waals surface area contributed by atoms with Crippen LogP contribution < -0.4 is 4.90 Å². The molecular formula is C18H21N5O3. The fourth-order valence-corrected chi connectivity index (χ4v) is 3.87. The monoisotopic (exact) mass is 355 g/mol. The SMILES string of the molecule is O=C(O)c1n[nH]c2c1CCN(C(=O)C1CCCN(c3ccccn3)C1)C2. The number of H-pyrrole nitrogens is 1. The number of carbonyl (C=O) groups excluding carboxylic acids is 1. The molecular weight excluding hydrogens is 334 g/mol. The van der Waals surface area contributed by atoms with Crippen molar-refractivity contribution in [3.05, 3.63) is 41.3 Å². The Morgan fingerprint density at radius 3 is 2.92 bits per heavy atom. The second-order valence-electron chi connectivity index (χ2n) is 6.82. The van der Waals surface area contributed by atoms with Gasteiger partial charge in [0.15, 0.2) is 5.69 Å². The zero-order chi connectivity index (χ0) is 18.1. The molecule has 0 aliphatic carbocycles. The number of aromatic nitrogens is 3. The lowest BCUT2D eigenvalue weighted by atomic mass is 9.95. The van der Waals surface area contributed by atoms with Gasteiger partial charge in [0.05, 0.1) is 18.2 Å². The molecule has 0 radical (unpaired) electrons. The van der Waals surface area contributed by atoms with Gasteiger partial charge in [-0.3, -0.25) is 9.89 Å². The molecule has 1 fully saturated rings. The summed E-state index contributed by atoms with van der Waals surface area (Å²) in [7, 11) is 0. The van der Waals surface area contributed by atoms with Crippen LogP contribution in [0, 0.1) is 5.92 Å². The molecule has 136 valence electrons. The molecule has 1 saturated heterocycles. The van der Waals surface area contributed by atoms with Crippen LogP contribution in [0.15, 0.2) is 24.4 Å². The van der Waals surface area contributed by atoms with Gasteiger partial charge in [-0.05, 0) is 31.4 Å². The lowest BCUT2D eigenvalue weighted by Crippen LogP contribution is -2.46. The minimum absolute atomic E-state index is 0.0610. The predicted octanol–water partition coefficient (Wildman–Crippen LogP) is 1.30. The van der Waals surface area contributed by atoms with Crippen molar-refractivity contribution in [1.29, 1.82) is 0 Å². The molecule has 2 aromatic rings. The molecule has 26 heavy (non-hydrogen) atoms. The molecule has 0 saturated carbocycles. The number of carbonyl (C=O) groups is 2. The molecule has 4 rings (SSSR count). The number of carboxylic acid groups (broad SMARTS) is 1. The van der Waals surface area contributed by atoms with Crippen molar-refractivity contribution in [3.63, 3.8) is 0 Å². The number of hydrogen-bond acceptors (Lipinski definition) is 5. The summed E-state index contributed by atoms with van der Waals surface area (Å²) >= 11 is 0. The average Bonchev–Trinajstić information content (AvgIpc) is 3.12. The zero-order valence-electron chi connectivity index (χ0n) is 14.4. The molecule has 8 heteroatoms. The molecule has 2 N–H and O–H groups in total. The van der Waals surface area contributed by atoms with Gasteiger partial charge in [-0.15, -0.1) is 0 Å². The van der Waals surface area contributed by atoms with E-state index >= 15 is 0 Å². The maximum absolute atomic E-state index is 13.0. The highest BCUT2D eigenvalue weighted by atomic mass is 16.4. The summed E-state index contributed by atoms with van der Waals surface area (Å²) in [6.07, 6.45) is 4.12. The molecule has 2 aliphatic rings. The molecule has 1 atom stereocenters. The maximum atomic E-state index is 13.0. The van der Waals surface area contributed by atoms with E-state index < -0.39 is 5.97 Å². The van der Waals surface area contributed by atoms with Crippen molar-refractivity contribution in [2.75, 3.05) is 24.5 Å². The fraction of sp³-hybridized carbons (Fsp3) is 0.444. The van der Waals surface area contributed by atoms with E-state index in [2.05, 4.69) is 20.1 Å². The van der Waals surface area contributed by atoms with Crippen LogP contribution in [0.3, 0.4) is 0 Å². The van der Waals surface area contributed by atoms with E-state index in [1.165, 1.54) is 0 Å². The number of anilines is 1. The van der Waals surface area contributed by atoms with Crippen LogP contribution in [0.1, 0.15) is 34.6 Å². The van der Waals surface area contributed by atoms with E-state index in [-0.39, 0.29) is 17.5 Å². The number of pyridine rings is 1. The van der Waals surface area contributed by atoms with Gasteiger partial charge in [0.2, 0.25) is 5.91 Å². The number of amides is 1. The van der Waals surface area contributed by atoms with Crippen LogP contribution in [-0.4, -0.2) is 56.7 Å². The van der Waals surface area contributed by atoms with Crippen molar-refractivity contribution in [1.82, 2.24) is 20.1 Å². The summed E-state index contributed by atoms with van der Waals surface area (Å²) in [5.74, 6) is -0.0527. The van der Waals surface area contributed by atoms with Crippen LogP contribution >= 0.6 is 0 Å². The van der Waals surface area contributed by atoms with E-state index in [1.54, 1.807) is 6.20 Å². The minimum Gasteiger partial charge on any atom is -0.476 e. The maximum Gasteiger partial charge on any atom is 0.356 e. The third kappa shape index (κ3) is 3.02. The second-order valence-corrected chi connectivity index (χ2v) is 6.82. The van der Waals surface area contributed by atoms with Gasteiger partial charge in [0.1, 0.15) is 5.82 Å². The van der Waals surface area contributed by atoms with Gasteiger partial charge in [-0.1, -0.05) is 6.07 Å². The highest BCUT2D eigenvalue weighted by Gasteiger charge is 2.33. The van der Waals surface area contributed by atoms with Crippen LogP contribution in [0.2, 0.25) is 0 Å². The Morgan fingerprint density at radius 2 is 2.15 bits per heavy atom. The van der Waals surface area contributed by atoms with Crippen molar-refractivity contribution in [2.45, 2.75) is 25.8 Å². The van der Waals surface area contributed by atoms with Crippen molar-refractivity contribution < 1.29 is 14.7 Å². The largest absolute Gasteiger partial charge is 0.476 e. The van der Waals surface area contributed by atoms with Crippen LogP contribution in [0.25, 0.3) is 0 Å². The van der Waals surface area contributed by atoms with E-state index in [0.29, 0.717) is 26.1 Å². The van der Waals surface area contributed by atoms with Gasteiger partial charge in [0.25, 0.3) is 0 Å². The average molecular weight is 355 g/mol. The van der Waals surface area contributed by atoms with Gasteiger partial charge in [-0.2, -0.15) is 5.10 Å². The second kappa shape index (κ2) is 6.78. The van der Waals surface area contributed by atoms with Crippen molar-refractivity contribution in [3.8, 4) is 0 Å². The first kappa shape index (κ1) is 16.6. The summed E-state index contributed by atoms with van der Waals surface area (Å²) in [4.78, 5) is 32.6. The number of hydrogen-bond donors (Lipinski definition) is 2. The van der Waals surface area contributed by atoms with Gasteiger partial charge in [-0.25, -0.2) is 9.78 Å². The zero-order valence-corrected chi connectivity index (χ0v) is 14.4. The van der Waals surface area contributed by atoms with Crippen LogP contribution in [0.4, 0.5) is 5.82 Å². The summed E-state index contributed by atoms with van der Waals surface area (Å²) in [6, 6.07) is 5.81. The number of piperidine rings is 1. The third-order valence-corrected chi connectivity index (χ3v) is 5.19. The van der Waals surface area contributed by atoms with E-state index in [9.17, 15) is 14.7 Å². The van der Waals surface area contributed by atoms with E-state index in [0.717, 1.165) is 36.5 Å². The molecule has 0 aromatic carbocycles. The van der Waals surface area contributed by atoms with Gasteiger partial charge >= 0.3 is 5.97 Å². The molecule has 0 spiro atoms. The number of aromatic carboxylic acids is 1. The summed E-state index contributed by atoms with van der Waals surface area (Å²) in [5, 5.41) is 15.8. The van der Waals surface area contributed by atoms with Crippen molar-refractivity contribution >= 4 is 17.7 Å². The van der Waals surface area contributed by atoms with Crippen LogP contribution in [0.5, 0.6) is 0 Å². The number of carboxylic acids is 1. The van der Waals surface area contributed by atoms with E-state index in [4.69, 9.17) is 0 Å². The van der Waals surface area contributed by atoms with E-state index in [1.807, 2.05) is 23.1 Å². The van der Waals surface area contributed by atoms with Crippen molar-refractivity contribution in [2.24, 2.45) is 5.92 Å². The molecule has 8 nitrogen and oxygen atoms in total. The molecule has 1 unspecified atom stereocenters. The molecule has 2 aliphatic heterocycles. The Kier molecular flexibility index (Phi) is 4.32. The number of nitrogens with one attached hydrogen (secondary N) is 1. The van der Waals surface area contributed by atoms with Gasteiger partial charge in [0, 0.05) is 31.4 Å². The third-order valence-electron chi connectivity index (χ3n) is 5.19. The molecule has 0 bridgehead atoms. The molecule has 4 heterocycles. The first-order chi connectivity index (χ1) is 12.6. The lowest BCUT2D eigenvalue weighted by molar-refractivity contribution is -0.136. The Morgan fingerprint density at radius 1 is 1.27 bits per heavy atom. The topological polar surface area (TPSA) is 102 Å². The highest BCUT2D eigenvalue weighted by Crippen LogP contribution is 2.26. The number of fused-ring (bicyclic) bond motifs is 1. The summed E-state index contributed by atoms with van der Waals surface area (Å²) < 4.78 is 0. The smallest absolute Gasteiger partial charge is 0.356 e. The summed E-state index contributed by atoms with van der Waals surface area (Å²) in [5.41, 5.74) is 1.53. The quantitative estimate of drug-likeness (QED) is 0.860. The predicted molar refractivity (Wildman–Crippen MR) is 93.8 cm³/mol. The van der Waals surface area contributed by atoms with Crippen LogP contribution in [-0.2, 0) is 17.8 Å². The Bertz CT molecular complexity index is 819. The molecule has 2 aromatic heterocycles. The minimum atomic E-state index is -1.03. The number of nitrogens with zero attached hydrogens (tertiary/aromatic N) is 4. The Balaban J connectivity index is 1.45. The standard InChI is InChI=1S/C18H21N5O3/c24-17(12-4-3-8-22(10-12)15-5-1-2-7-19-15)23-9-6-13-14(11-23)20-21-16(13)18(25)26/h1-2,5,7,12H,3-4,6,8-11H2,(H,20,21)(H,25,26). The fourth-order valence-electron chi connectivity index (χ4n) is 3.87. The lowest BCUT2D eigenvalue weighted by Gasteiger charge is -2.36. The summed E-state index contributed by atoms with van der Waals surface area (Å²) in [6.45, 7) is 2.51. The Labute approximate surface area is 150 Å². The first-order valence-corrected chi connectivity index (χ1v) is 8.87.